The molecular formula is C13H16FNO4. The molecule has 5 nitrogen and oxygen atoms in total. The van der Waals surface area contributed by atoms with Gasteiger partial charge in [-0.1, -0.05) is 19.1 Å². The molecule has 1 unspecified atom stereocenters. The molecule has 0 saturated heterocycles. The van der Waals surface area contributed by atoms with E-state index in [4.69, 9.17) is 9.84 Å². The molecule has 1 amide bonds. The van der Waals surface area contributed by atoms with Crippen molar-refractivity contribution in [3.05, 3.63) is 30.1 Å². The monoisotopic (exact) mass is 269 g/mol. The standard InChI is InChI=1S/C13H16FNO4/c1-9(6-13(17)18)7-15-12(16)8-19-11-5-3-2-4-10(11)14/h2-5,9H,6-8H2,1H3,(H,15,16)(H,17,18). The van der Waals surface area contributed by atoms with E-state index in [0.717, 1.165) is 0 Å². The van der Waals surface area contributed by atoms with Gasteiger partial charge >= 0.3 is 5.97 Å². The predicted octanol–water partition coefficient (Wildman–Crippen LogP) is 1.43. The third-order valence-corrected chi connectivity index (χ3v) is 2.37. The molecule has 0 saturated carbocycles. The van der Waals surface area contributed by atoms with E-state index in [1.807, 2.05) is 0 Å². The first kappa shape index (κ1) is 14.9. The third kappa shape index (κ3) is 5.85. The van der Waals surface area contributed by atoms with Crippen LogP contribution in [0.2, 0.25) is 0 Å². The van der Waals surface area contributed by atoms with Crippen molar-refractivity contribution in [3.8, 4) is 5.75 Å². The Morgan fingerprint density at radius 3 is 2.74 bits per heavy atom. The summed E-state index contributed by atoms with van der Waals surface area (Å²) in [5.74, 6) is -2.02. The minimum Gasteiger partial charge on any atom is -0.481 e. The summed E-state index contributed by atoms with van der Waals surface area (Å²) in [6.45, 7) is 1.65. The van der Waals surface area contributed by atoms with Crippen molar-refractivity contribution in [3.63, 3.8) is 0 Å². The number of carboxylic acids is 1. The van der Waals surface area contributed by atoms with Gasteiger partial charge in [0.05, 0.1) is 0 Å². The number of benzene rings is 1. The lowest BCUT2D eigenvalue weighted by Crippen LogP contribution is -2.33. The minimum atomic E-state index is -0.913. The Labute approximate surface area is 110 Å². The molecule has 0 bridgehead atoms. The number of carbonyl (C=O) groups is 2. The maximum absolute atomic E-state index is 13.2. The van der Waals surface area contributed by atoms with Gasteiger partial charge < -0.3 is 15.2 Å². The topological polar surface area (TPSA) is 75.6 Å². The Hall–Kier alpha value is -2.11. The first-order chi connectivity index (χ1) is 8.99. The summed E-state index contributed by atoms with van der Waals surface area (Å²) in [5, 5.41) is 11.1. The van der Waals surface area contributed by atoms with E-state index in [9.17, 15) is 14.0 Å². The van der Waals surface area contributed by atoms with Crippen molar-refractivity contribution in [2.45, 2.75) is 13.3 Å². The summed E-state index contributed by atoms with van der Waals surface area (Å²) in [6.07, 6.45) is -0.0194. The van der Waals surface area contributed by atoms with Crippen molar-refractivity contribution < 1.29 is 23.8 Å². The average Bonchev–Trinajstić information content (AvgIpc) is 2.34. The second-order valence-corrected chi connectivity index (χ2v) is 4.23. The highest BCUT2D eigenvalue weighted by Crippen LogP contribution is 2.14. The first-order valence-electron chi connectivity index (χ1n) is 5.85. The molecule has 1 atom stereocenters. The average molecular weight is 269 g/mol. The maximum atomic E-state index is 13.2. The molecule has 0 aliphatic carbocycles. The predicted molar refractivity (Wildman–Crippen MR) is 66.3 cm³/mol. The largest absolute Gasteiger partial charge is 0.481 e. The molecule has 0 aromatic heterocycles. The molecule has 0 aliphatic heterocycles. The van der Waals surface area contributed by atoms with E-state index in [1.54, 1.807) is 13.0 Å². The third-order valence-electron chi connectivity index (χ3n) is 2.37. The van der Waals surface area contributed by atoms with Crippen LogP contribution < -0.4 is 10.1 Å². The number of nitrogens with one attached hydrogen (secondary N) is 1. The Kier molecular flexibility index (Phi) is 5.78. The van der Waals surface area contributed by atoms with Crippen molar-refractivity contribution >= 4 is 11.9 Å². The van der Waals surface area contributed by atoms with Gasteiger partial charge in [-0.15, -0.1) is 0 Å². The van der Waals surface area contributed by atoms with Gasteiger partial charge in [-0.3, -0.25) is 9.59 Å². The minimum absolute atomic E-state index is 0.0104. The number of hydrogen-bond donors (Lipinski definition) is 2. The van der Waals surface area contributed by atoms with E-state index >= 15 is 0 Å². The maximum Gasteiger partial charge on any atom is 0.303 e. The summed E-state index contributed by atoms with van der Waals surface area (Å²) >= 11 is 0. The molecule has 2 N–H and O–H groups in total. The molecule has 6 heteroatoms. The Bertz CT molecular complexity index is 450. The zero-order chi connectivity index (χ0) is 14.3. The lowest BCUT2D eigenvalue weighted by atomic mass is 10.1. The zero-order valence-electron chi connectivity index (χ0n) is 10.6. The lowest BCUT2D eigenvalue weighted by molar-refractivity contribution is -0.138. The van der Waals surface area contributed by atoms with E-state index in [2.05, 4.69) is 5.32 Å². The molecule has 19 heavy (non-hydrogen) atoms. The van der Waals surface area contributed by atoms with Crippen molar-refractivity contribution in [2.24, 2.45) is 5.92 Å². The number of para-hydroxylation sites is 1. The number of halogens is 1. The highest BCUT2D eigenvalue weighted by atomic mass is 19.1. The zero-order valence-corrected chi connectivity index (χ0v) is 10.6. The van der Waals surface area contributed by atoms with Crippen LogP contribution in [0.15, 0.2) is 24.3 Å². The Balaban J connectivity index is 2.29. The van der Waals surface area contributed by atoms with Crippen LogP contribution in [0.1, 0.15) is 13.3 Å². The summed E-state index contributed by atoms with van der Waals surface area (Å²) < 4.78 is 18.2. The van der Waals surface area contributed by atoms with Gasteiger partial charge in [-0.25, -0.2) is 4.39 Å². The van der Waals surface area contributed by atoms with Crippen LogP contribution in [-0.4, -0.2) is 30.1 Å². The second kappa shape index (κ2) is 7.35. The van der Waals surface area contributed by atoms with E-state index in [0.29, 0.717) is 0 Å². The highest BCUT2D eigenvalue weighted by Gasteiger charge is 2.10. The number of amides is 1. The molecule has 0 fully saturated rings. The van der Waals surface area contributed by atoms with Crippen LogP contribution >= 0.6 is 0 Å². The van der Waals surface area contributed by atoms with Crippen LogP contribution in [0.3, 0.4) is 0 Å². The summed E-state index contributed by atoms with van der Waals surface area (Å²) in [6, 6.07) is 5.79. The first-order valence-corrected chi connectivity index (χ1v) is 5.85. The van der Waals surface area contributed by atoms with Crippen LogP contribution in [0.4, 0.5) is 4.39 Å². The van der Waals surface area contributed by atoms with E-state index in [1.165, 1.54) is 18.2 Å². The number of rotatable bonds is 7. The Morgan fingerprint density at radius 1 is 1.42 bits per heavy atom. The number of ether oxygens (including phenoxy) is 1. The Morgan fingerprint density at radius 2 is 2.11 bits per heavy atom. The molecule has 104 valence electrons. The summed E-state index contributed by atoms with van der Waals surface area (Å²) in [5.41, 5.74) is 0. The normalized spacial score (nSPS) is 11.7. The van der Waals surface area contributed by atoms with Crippen LogP contribution in [0.5, 0.6) is 5.75 Å². The highest BCUT2D eigenvalue weighted by molar-refractivity contribution is 5.77. The lowest BCUT2D eigenvalue weighted by Gasteiger charge is -2.11. The molecule has 1 aromatic carbocycles. The molecule has 0 aliphatic rings. The molecular weight excluding hydrogens is 253 g/mol. The summed E-state index contributed by atoms with van der Waals surface area (Å²) in [7, 11) is 0. The van der Waals surface area contributed by atoms with Crippen LogP contribution in [0, 0.1) is 11.7 Å². The van der Waals surface area contributed by atoms with Gasteiger partial charge in [0, 0.05) is 13.0 Å². The van der Waals surface area contributed by atoms with Crippen molar-refractivity contribution in [2.75, 3.05) is 13.2 Å². The molecule has 0 radical (unpaired) electrons. The van der Waals surface area contributed by atoms with Gasteiger partial charge in [0.15, 0.2) is 18.2 Å². The van der Waals surface area contributed by atoms with Gasteiger partial charge in [-0.05, 0) is 18.1 Å². The molecule has 0 heterocycles. The van der Waals surface area contributed by atoms with E-state index in [-0.39, 0.29) is 31.2 Å². The van der Waals surface area contributed by atoms with Crippen LogP contribution in [-0.2, 0) is 9.59 Å². The number of hydrogen-bond acceptors (Lipinski definition) is 3. The van der Waals surface area contributed by atoms with Crippen LogP contribution in [0.25, 0.3) is 0 Å². The van der Waals surface area contributed by atoms with Gasteiger partial charge in [-0.2, -0.15) is 0 Å². The van der Waals surface area contributed by atoms with E-state index < -0.39 is 17.7 Å². The van der Waals surface area contributed by atoms with Gasteiger partial charge in [0.25, 0.3) is 5.91 Å². The molecule has 0 spiro atoms. The quantitative estimate of drug-likeness (QED) is 0.785. The SMILES string of the molecule is CC(CNC(=O)COc1ccccc1F)CC(=O)O. The fourth-order valence-electron chi connectivity index (χ4n) is 1.41. The van der Waals surface area contributed by atoms with Gasteiger partial charge in [0.2, 0.25) is 0 Å². The number of carboxylic acid groups (broad SMARTS) is 1. The summed E-state index contributed by atoms with van der Waals surface area (Å²) in [4.78, 5) is 21.8. The number of aliphatic carboxylic acids is 1. The smallest absolute Gasteiger partial charge is 0.303 e. The van der Waals surface area contributed by atoms with Gasteiger partial charge in [0.1, 0.15) is 0 Å². The second-order valence-electron chi connectivity index (χ2n) is 4.23. The fraction of sp³-hybridized carbons (Fsp3) is 0.385. The fourth-order valence-corrected chi connectivity index (χ4v) is 1.41. The molecule has 1 aromatic rings. The van der Waals surface area contributed by atoms with Crippen molar-refractivity contribution in [1.29, 1.82) is 0 Å². The van der Waals surface area contributed by atoms with Crippen molar-refractivity contribution in [1.82, 2.24) is 5.32 Å². The number of carbonyl (C=O) groups excluding carboxylic acids is 1. The molecule has 1 rings (SSSR count).